The topological polar surface area (TPSA) is 139 Å². The Bertz CT molecular complexity index is 470. The zero-order valence-electron chi connectivity index (χ0n) is 7.07. The fraction of sp³-hybridized carbons (Fsp3) is 0.143. The van der Waals surface area contributed by atoms with Crippen LogP contribution in [0.2, 0.25) is 0 Å². The Morgan fingerprint density at radius 2 is 2.21 bits per heavy atom. The number of Topliss-reactive ketones (excluding diaryl/α,β-unsaturated/α-hetero) is 1. The lowest BCUT2D eigenvalue weighted by molar-refractivity contribution is 0.0997. The van der Waals surface area contributed by atoms with Crippen LogP contribution in [0.3, 0.4) is 0 Å². The van der Waals surface area contributed by atoms with Gasteiger partial charge in [-0.2, -0.15) is 10.2 Å². The molecule has 0 amide bonds. The Labute approximate surface area is 78.4 Å². The van der Waals surface area contributed by atoms with Gasteiger partial charge in [0.15, 0.2) is 5.78 Å². The second-order valence-electron chi connectivity index (χ2n) is 2.47. The maximum atomic E-state index is 11.2. The third-order valence-electron chi connectivity index (χ3n) is 1.48. The molecule has 0 spiro atoms. The van der Waals surface area contributed by atoms with Gasteiger partial charge in [-0.05, 0) is 0 Å². The van der Waals surface area contributed by atoms with Gasteiger partial charge in [0.25, 0.3) is 5.56 Å². The number of nitrogens with zero attached hydrogens (tertiary/aromatic N) is 2. The molecule has 0 bridgehead atoms. The molecule has 0 saturated heterocycles. The predicted octanol–water partition coefficient (Wildman–Crippen LogP) is -0.969. The lowest BCUT2D eigenvalue weighted by Gasteiger charge is -2.00. The van der Waals surface area contributed by atoms with Crippen LogP contribution in [0.4, 0.5) is 11.8 Å². The van der Waals surface area contributed by atoms with E-state index in [0.29, 0.717) is 0 Å². The SMILES string of the molecule is N#CCC(=O)c1c(N)nc(N)[nH]c1=O. The van der Waals surface area contributed by atoms with E-state index in [1.807, 2.05) is 0 Å². The summed E-state index contributed by atoms with van der Waals surface area (Å²) in [5.74, 6) is -1.09. The van der Waals surface area contributed by atoms with Crippen molar-refractivity contribution in [2.24, 2.45) is 0 Å². The standard InChI is InChI=1S/C7H7N5O2/c8-2-1-3(13)4-5(9)11-7(10)12-6(4)14/h1H2,(H5,9,10,11,12,14). The molecule has 0 aromatic carbocycles. The monoisotopic (exact) mass is 193 g/mol. The number of ketones is 1. The van der Waals surface area contributed by atoms with Gasteiger partial charge in [-0.1, -0.05) is 0 Å². The highest BCUT2D eigenvalue weighted by molar-refractivity contribution is 6.00. The molecule has 0 unspecified atom stereocenters. The van der Waals surface area contributed by atoms with Gasteiger partial charge in [-0.3, -0.25) is 14.6 Å². The number of nitrogens with two attached hydrogens (primary N) is 2. The zero-order valence-corrected chi connectivity index (χ0v) is 7.07. The maximum Gasteiger partial charge on any atom is 0.265 e. The smallest absolute Gasteiger partial charge is 0.265 e. The second-order valence-corrected chi connectivity index (χ2v) is 2.47. The lowest BCUT2D eigenvalue weighted by atomic mass is 10.1. The van der Waals surface area contributed by atoms with Crippen LogP contribution in [0.5, 0.6) is 0 Å². The van der Waals surface area contributed by atoms with Crippen LogP contribution in [0.25, 0.3) is 0 Å². The fourth-order valence-electron chi connectivity index (χ4n) is 0.938. The van der Waals surface area contributed by atoms with Crippen molar-refractivity contribution in [3.8, 4) is 6.07 Å². The highest BCUT2D eigenvalue weighted by Gasteiger charge is 2.15. The van der Waals surface area contributed by atoms with E-state index in [1.54, 1.807) is 6.07 Å². The fourth-order valence-corrected chi connectivity index (χ4v) is 0.938. The Balaban J connectivity index is 3.30. The van der Waals surface area contributed by atoms with Crippen molar-refractivity contribution in [1.29, 1.82) is 5.26 Å². The molecule has 1 heterocycles. The number of aromatic amines is 1. The predicted molar refractivity (Wildman–Crippen MR) is 48.2 cm³/mol. The van der Waals surface area contributed by atoms with Crippen molar-refractivity contribution >= 4 is 17.5 Å². The van der Waals surface area contributed by atoms with Crippen LogP contribution < -0.4 is 17.0 Å². The number of H-pyrrole nitrogens is 1. The molecule has 0 aliphatic rings. The second kappa shape index (κ2) is 3.57. The molecule has 5 N–H and O–H groups in total. The summed E-state index contributed by atoms with van der Waals surface area (Å²) in [6.45, 7) is 0. The molecule has 0 saturated carbocycles. The van der Waals surface area contributed by atoms with Crippen molar-refractivity contribution < 1.29 is 4.79 Å². The van der Waals surface area contributed by atoms with Crippen LogP contribution in [-0.2, 0) is 0 Å². The Kier molecular flexibility index (Phi) is 2.48. The van der Waals surface area contributed by atoms with Gasteiger partial charge in [0, 0.05) is 0 Å². The number of nitriles is 1. The van der Waals surface area contributed by atoms with Crippen LogP contribution in [0.15, 0.2) is 4.79 Å². The zero-order chi connectivity index (χ0) is 10.7. The molecule has 0 aliphatic heterocycles. The molecule has 1 aromatic heterocycles. The lowest BCUT2D eigenvalue weighted by Crippen LogP contribution is -2.22. The van der Waals surface area contributed by atoms with Gasteiger partial charge < -0.3 is 11.5 Å². The summed E-state index contributed by atoms with van der Waals surface area (Å²) in [5.41, 5.74) is 9.45. The number of carbonyl (C=O) groups is 1. The molecule has 1 aromatic rings. The quantitative estimate of drug-likeness (QED) is 0.516. The number of nitrogen functional groups attached to an aromatic ring is 2. The van der Waals surface area contributed by atoms with Crippen LogP contribution in [0, 0.1) is 11.3 Å². The Morgan fingerprint density at radius 3 is 2.71 bits per heavy atom. The van der Waals surface area contributed by atoms with Crippen molar-refractivity contribution in [3.63, 3.8) is 0 Å². The maximum absolute atomic E-state index is 11.2. The van der Waals surface area contributed by atoms with E-state index in [4.69, 9.17) is 16.7 Å². The summed E-state index contributed by atoms with van der Waals surface area (Å²) in [7, 11) is 0. The van der Waals surface area contributed by atoms with Crippen LogP contribution in [-0.4, -0.2) is 15.8 Å². The van der Waals surface area contributed by atoms with E-state index in [9.17, 15) is 9.59 Å². The molecule has 14 heavy (non-hydrogen) atoms. The van der Waals surface area contributed by atoms with Gasteiger partial charge in [-0.15, -0.1) is 0 Å². The van der Waals surface area contributed by atoms with Gasteiger partial charge in [0.05, 0.1) is 12.5 Å². The van der Waals surface area contributed by atoms with Gasteiger partial charge >= 0.3 is 0 Å². The average molecular weight is 193 g/mol. The van der Waals surface area contributed by atoms with E-state index >= 15 is 0 Å². The summed E-state index contributed by atoms with van der Waals surface area (Å²) < 4.78 is 0. The van der Waals surface area contributed by atoms with E-state index in [1.165, 1.54) is 0 Å². The molecule has 0 radical (unpaired) electrons. The summed E-state index contributed by atoms with van der Waals surface area (Å²) >= 11 is 0. The number of hydrogen-bond acceptors (Lipinski definition) is 6. The molecule has 1 rings (SSSR count). The molecule has 72 valence electrons. The third-order valence-corrected chi connectivity index (χ3v) is 1.48. The van der Waals surface area contributed by atoms with Gasteiger partial charge in [0.1, 0.15) is 11.4 Å². The largest absolute Gasteiger partial charge is 0.383 e. The highest BCUT2D eigenvalue weighted by atomic mass is 16.1. The van der Waals surface area contributed by atoms with Gasteiger partial charge in [0.2, 0.25) is 5.95 Å². The van der Waals surface area contributed by atoms with Crippen molar-refractivity contribution in [2.75, 3.05) is 11.5 Å². The molecule has 7 heteroatoms. The van der Waals surface area contributed by atoms with E-state index in [2.05, 4.69) is 9.97 Å². The molecular weight excluding hydrogens is 186 g/mol. The van der Waals surface area contributed by atoms with Crippen LogP contribution >= 0.6 is 0 Å². The third kappa shape index (κ3) is 1.69. The van der Waals surface area contributed by atoms with Gasteiger partial charge in [-0.25, -0.2) is 0 Å². The summed E-state index contributed by atoms with van der Waals surface area (Å²) in [4.78, 5) is 28.0. The van der Waals surface area contributed by atoms with Crippen molar-refractivity contribution in [1.82, 2.24) is 9.97 Å². The van der Waals surface area contributed by atoms with Crippen molar-refractivity contribution in [2.45, 2.75) is 6.42 Å². The summed E-state index contributed by atoms with van der Waals surface area (Å²) in [6, 6.07) is 1.62. The number of hydrogen-bond donors (Lipinski definition) is 3. The number of carbonyl (C=O) groups excluding carboxylic acids is 1. The number of anilines is 2. The Hall–Kier alpha value is -2.36. The highest BCUT2D eigenvalue weighted by Crippen LogP contribution is 2.05. The normalized spacial score (nSPS) is 9.36. The van der Waals surface area contributed by atoms with E-state index in [-0.39, 0.29) is 17.3 Å². The minimum atomic E-state index is -0.727. The first-order valence-corrected chi connectivity index (χ1v) is 3.61. The molecule has 0 fully saturated rings. The Morgan fingerprint density at radius 1 is 1.57 bits per heavy atom. The van der Waals surface area contributed by atoms with E-state index < -0.39 is 17.8 Å². The molecule has 7 nitrogen and oxygen atoms in total. The molecule has 0 aliphatic carbocycles. The average Bonchev–Trinajstić information content (AvgIpc) is 2.01. The molecular formula is C7H7N5O2. The first kappa shape index (κ1) is 9.73. The minimum Gasteiger partial charge on any atom is -0.383 e. The first-order chi connectivity index (χ1) is 6.56. The van der Waals surface area contributed by atoms with Crippen molar-refractivity contribution in [3.05, 3.63) is 15.9 Å². The summed E-state index contributed by atoms with van der Waals surface area (Å²) in [5, 5.41) is 8.27. The number of nitrogens with one attached hydrogen (secondary N) is 1. The van der Waals surface area contributed by atoms with Crippen LogP contribution in [0.1, 0.15) is 16.8 Å². The number of rotatable bonds is 2. The first-order valence-electron chi connectivity index (χ1n) is 3.61. The van der Waals surface area contributed by atoms with E-state index in [0.717, 1.165) is 0 Å². The number of aromatic nitrogens is 2. The minimum absolute atomic E-state index is 0.166. The summed E-state index contributed by atoms with van der Waals surface area (Å²) in [6.07, 6.45) is -0.418. The molecule has 0 atom stereocenters.